The highest BCUT2D eigenvalue weighted by atomic mass is 16.1. The van der Waals surface area contributed by atoms with Gasteiger partial charge in [-0.1, -0.05) is 54.6 Å². The zero-order valence-electron chi connectivity index (χ0n) is 9.60. The van der Waals surface area contributed by atoms with Gasteiger partial charge in [0.15, 0.2) is 5.78 Å². The van der Waals surface area contributed by atoms with Gasteiger partial charge >= 0.3 is 0 Å². The Morgan fingerprint density at radius 1 is 0.882 bits per heavy atom. The van der Waals surface area contributed by atoms with E-state index in [0.717, 1.165) is 11.1 Å². The van der Waals surface area contributed by atoms with Crippen molar-refractivity contribution in [3.63, 3.8) is 0 Å². The standard InChI is InChI=1S/C16H14O/c17-16(13-6-2-1-3-7-13)15-9-5-4-8-14(15)12-10-11-12/h1-9,12H,10-11H2. The summed E-state index contributed by atoms with van der Waals surface area (Å²) in [4.78, 5) is 12.4. The maximum atomic E-state index is 12.4. The minimum Gasteiger partial charge on any atom is -0.289 e. The molecule has 2 aromatic rings. The molecule has 0 aromatic heterocycles. The molecular weight excluding hydrogens is 208 g/mol. The maximum absolute atomic E-state index is 12.4. The SMILES string of the molecule is O=C(c1ccccc1)c1ccccc1C1CC1. The summed E-state index contributed by atoms with van der Waals surface area (Å²) >= 11 is 0. The van der Waals surface area contributed by atoms with Crippen LogP contribution in [0.4, 0.5) is 0 Å². The average Bonchev–Trinajstić information content (AvgIpc) is 3.23. The topological polar surface area (TPSA) is 17.1 Å². The van der Waals surface area contributed by atoms with Gasteiger partial charge in [0.05, 0.1) is 0 Å². The molecule has 1 aliphatic rings. The summed E-state index contributed by atoms with van der Waals surface area (Å²) in [6, 6.07) is 17.5. The van der Waals surface area contributed by atoms with Crippen molar-refractivity contribution in [3.05, 3.63) is 71.3 Å². The van der Waals surface area contributed by atoms with Gasteiger partial charge in [-0.25, -0.2) is 0 Å². The molecule has 1 aliphatic carbocycles. The molecule has 1 fully saturated rings. The number of rotatable bonds is 3. The second-order valence-electron chi connectivity index (χ2n) is 4.56. The van der Waals surface area contributed by atoms with Crippen LogP contribution in [0.1, 0.15) is 40.2 Å². The van der Waals surface area contributed by atoms with Crippen molar-refractivity contribution in [2.24, 2.45) is 0 Å². The van der Waals surface area contributed by atoms with E-state index >= 15 is 0 Å². The van der Waals surface area contributed by atoms with Gasteiger partial charge in [0.1, 0.15) is 0 Å². The van der Waals surface area contributed by atoms with Crippen LogP contribution in [0.15, 0.2) is 54.6 Å². The highest BCUT2D eigenvalue weighted by Gasteiger charge is 2.27. The maximum Gasteiger partial charge on any atom is 0.193 e. The van der Waals surface area contributed by atoms with Gasteiger partial charge in [0.25, 0.3) is 0 Å². The molecule has 0 amide bonds. The first-order valence-corrected chi connectivity index (χ1v) is 6.05. The summed E-state index contributed by atoms with van der Waals surface area (Å²) in [5.74, 6) is 0.756. The molecule has 1 saturated carbocycles. The van der Waals surface area contributed by atoms with E-state index < -0.39 is 0 Å². The van der Waals surface area contributed by atoms with Crippen LogP contribution in [-0.2, 0) is 0 Å². The van der Waals surface area contributed by atoms with E-state index in [2.05, 4.69) is 6.07 Å². The summed E-state index contributed by atoms with van der Waals surface area (Å²) < 4.78 is 0. The fraction of sp³-hybridized carbons (Fsp3) is 0.188. The van der Waals surface area contributed by atoms with Crippen molar-refractivity contribution in [3.8, 4) is 0 Å². The van der Waals surface area contributed by atoms with E-state index in [4.69, 9.17) is 0 Å². The summed E-state index contributed by atoms with van der Waals surface area (Å²) in [7, 11) is 0. The van der Waals surface area contributed by atoms with E-state index in [9.17, 15) is 4.79 Å². The third kappa shape index (κ3) is 2.01. The molecule has 17 heavy (non-hydrogen) atoms. The van der Waals surface area contributed by atoms with Gasteiger partial charge in [-0.3, -0.25) is 4.79 Å². The number of benzene rings is 2. The second kappa shape index (κ2) is 4.17. The predicted octanol–water partition coefficient (Wildman–Crippen LogP) is 3.80. The van der Waals surface area contributed by atoms with Gasteiger partial charge in [0, 0.05) is 11.1 Å². The Morgan fingerprint density at radius 3 is 2.24 bits per heavy atom. The van der Waals surface area contributed by atoms with Crippen molar-refractivity contribution in [2.75, 3.05) is 0 Å². The lowest BCUT2D eigenvalue weighted by molar-refractivity contribution is 0.103. The number of ketones is 1. The minimum absolute atomic E-state index is 0.146. The Balaban J connectivity index is 2.02. The third-order valence-corrected chi connectivity index (χ3v) is 3.26. The van der Waals surface area contributed by atoms with Crippen LogP contribution in [0.25, 0.3) is 0 Å². The lowest BCUT2D eigenvalue weighted by Gasteiger charge is -2.07. The van der Waals surface area contributed by atoms with Gasteiger partial charge in [0.2, 0.25) is 0 Å². The molecule has 0 unspecified atom stereocenters. The van der Waals surface area contributed by atoms with Crippen LogP contribution in [0.5, 0.6) is 0 Å². The Bertz CT molecular complexity index is 538. The van der Waals surface area contributed by atoms with E-state index in [0.29, 0.717) is 5.92 Å². The molecule has 0 saturated heterocycles. The minimum atomic E-state index is 0.146. The third-order valence-electron chi connectivity index (χ3n) is 3.26. The lowest BCUT2D eigenvalue weighted by atomic mass is 9.96. The molecule has 0 spiro atoms. The van der Waals surface area contributed by atoms with Gasteiger partial charge in [-0.05, 0) is 24.3 Å². The van der Waals surface area contributed by atoms with Crippen LogP contribution in [0.2, 0.25) is 0 Å². The van der Waals surface area contributed by atoms with Crippen LogP contribution < -0.4 is 0 Å². The molecule has 0 bridgehead atoms. The fourth-order valence-electron chi connectivity index (χ4n) is 2.20. The molecule has 1 heteroatoms. The van der Waals surface area contributed by atoms with Gasteiger partial charge in [-0.15, -0.1) is 0 Å². The zero-order chi connectivity index (χ0) is 11.7. The van der Waals surface area contributed by atoms with E-state index in [1.54, 1.807) is 0 Å². The molecule has 0 N–H and O–H groups in total. The summed E-state index contributed by atoms with van der Waals surface area (Å²) in [5, 5.41) is 0. The quantitative estimate of drug-likeness (QED) is 0.722. The van der Waals surface area contributed by atoms with E-state index in [1.165, 1.54) is 18.4 Å². The van der Waals surface area contributed by atoms with Crippen LogP contribution in [-0.4, -0.2) is 5.78 Å². The molecule has 1 nitrogen and oxygen atoms in total. The monoisotopic (exact) mass is 222 g/mol. The molecule has 84 valence electrons. The number of carbonyl (C=O) groups excluding carboxylic acids is 1. The van der Waals surface area contributed by atoms with Crippen LogP contribution >= 0.6 is 0 Å². The Labute approximate surface area is 101 Å². The number of carbonyl (C=O) groups is 1. The Morgan fingerprint density at radius 2 is 1.53 bits per heavy atom. The molecule has 2 aromatic carbocycles. The van der Waals surface area contributed by atoms with Gasteiger partial charge in [-0.2, -0.15) is 0 Å². The number of hydrogen-bond donors (Lipinski definition) is 0. The van der Waals surface area contributed by atoms with Crippen molar-refractivity contribution in [2.45, 2.75) is 18.8 Å². The first-order valence-electron chi connectivity index (χ1n) is 6.05. The van der Waals surface area contributed by atoms with Gasteiger partial charge < -0.3 is 0 Å². The van der Waals surface area contributed by atoms with Crippen molar-refractivity contribution in [1.82, 2.24) is 0 Å². The first-order chi connectivity index (χ1) is 8.36. The zero-order valence-corrected chi connectivity index (χ0v) is 9.60. The lowest BCUT2D eigenvalue weighted by Crippen LogP contribution is -2.04. The molecular formula is C16H14O. The fourth-order valence-corrected chi connectivity index (χ4v) is 2.20. The summed E-state index contributed by atoms with van der Waals surface area (Å²) in [5.41, 5.74) is 2.88. The van der Waals surface area contributed by atoms with E-state index in [1.807, 2.05) is 48.5 Å². The predicted molar refractivity (Wildman–Crippen MR) is 68.3 cm³/mol. The summed E-state index contributed by atoms with van der Waals surface area (Å²) in [6.45, 7) is 0. The smallest absolute Gasteiger partial charge is 0.193 e. The highest BCUT2D eigenvalue weighted by Crippen LogP contribution is 2.41. The van der Waals surface area contributed by atoms with E-state index in [-0.39, 0.29) is 5.78 Å². The normalized spacial score (nSPS) is 14.6. The van der Waals surface area contributed by atoms with Crippen LogP contribution in [0, 0.1) is 0 Å². The van der Waals surface area contributed by atoms with Crippen LogP contribution in [0.3, 0.4) is 0 Å². The van der Waals surface area contributed by atoms with Crippen molar-refractivity contribution in [1.29, 1.82) is 0 Å². The molecule has 0 atom stereocenters. The second-order valence-corrected chi connectivity index (χ2v) is 4.56. The first kappa shape index (κ1) is 10.3. The Kier molecular flexibility index (Phi) is 2.52. The Hall–Kier alpha value is -1.89. The summed E-state index contributed by atoms with van der Waals surface area (Å²) in [6.07, 6.45) is 2.44. The molecule has 0 aliphatic heterocycles. The molecule has 0 radical (unpaired) electrons. The highest BCUT2D eigenvalue weighted by molar-refractivity contribution is 6.10. The molecule has 3 rings (SSSR count). The largest absolute Gasteiger partial charge is 0.289 e. The number of hydrogen-bond acceptors (Lipinski definition) is 1. The van der Waals surface area contributed by atoms with Crippen molar-refractivity contribution < 1.29 is 4.79 Å². The average molecular weight is 222 g/mol. The van der Waals surface area contributed by atoms with Crippen molar-refractivity contribution >= 4 is 5.78 Å². The molecule has 0 heterocycles.